The number of nitrogens with zero attached hydrogens (tertiary/aromatic N) is 3. The van der Waals surface area contributed by atoms with Gasteiger partial charge in [0.1, 0.15) is 11.1 Å². The van der Waals surface area contributed by atoms with E-state index < -0.39 is 11.5 Å². The highest BCUT2D eigenvalue weighted by atomic mass is 32.1. The number of anilines is 1. The molecule has 7 heteroatoms. The van der Waals surface area contributed by atoms with Crippen molar-refractivity contribution in [1.29, 1.82) is 0 Å². The number of fused-ring (bicyclic) bond motifs is 4. The van der Waals surface area contributed by atoms with Gasteiger partial charge in [-0.2, -0.15) is 0 Å². The summed E-state index contributed by atoms with van der Waals surface area (Å²) in [7, 11) is 3.89. The van der Waals surface area contributed by atoms with Crippen molar-refractivity contribution < 1.29 is 9.21 Å². The highest BCUT2D eigenvalue weighted by Gasteiger charge is 2.25. The summed E-state index contributed by atoms with van der Waals surface area (Å²) in [5, 5.41) is 3.26. The molecule has 0 N–H and O–H groups in total. The van der Waals surface area contributed by atoms with E-state index >= 15 is 0 Å². The number of hydrogen-bond acceptors (Lipinski definition) is 6. The minimum Gasteiger partial charge on any atom is -0.422 e. The molecule has 0 radical (unpaired) electrons. The van der Waals surface area contributed by atoms with Crippen LogP contribution >= 0.6 is 11.3 Å². The van der Waals surface area contributed by atoms with E-state index in [4.69, 9.17) is 9.40 Å². The van der Waals surface area contributed by atoms with Crippen molar-refractivity contribution in [2.45, 2.75) is 6.92 Å². The first-order valence-corrected chi connectivity index (χ1v) is 11.5. The third-order valence-corrected chi connectivity index (χ3v) is 6.77. The molecule has 3 aromatic carbocycles. The van der Waals surface area contributed by atoms with Crippen molar-refractivity contribution in [2.75, 3.05) is 32.1 Å². The summed E-state index contributed by atoms with van der Waals surface area (Å²) in [6, 6.07) is 19.2. The minimum absolute atomic E-state index is 0.00795. The zero-order valence-electron chi connectivity index (χ0n) is 18.7. The third-order valence-electron chi connectivity index (χ3n) is 5.73. The summed E-state index contributed by atoms with van der Waals surface area (Å²) in [5.41, 5.74) is 1.75. The quantitative estimate of drug-likeness (QED) is 0.272. The van der Waals surface area contributed by atoms with Crippen molar-refractivity contribution >= 4 is 54.3 Å². The lowest BCUT2D eigenvalue weighted by molar-refractivity contribution is 0.0982. The van der Waals surface area contributed by atoms with Crippen molar-refractivity contribution in [3.63, 3.8) is 0 Å². The number of carbonyl (C=O) groups is 1. The Kier molecular flexibility index (Phi) is 5.44. The summed E-state index contributed by atoms with van der Waals surface area (Å²) in [5.74, 6) is -0.405. The number of para-hydroxylation sites is 1. The molecular formula is C26H23N3O3S. The smallest absolute Gasteiger partial charge is 0.349 e. The summed E-state index contributed by atoms with van der Waals surface area (Å²) in [6.45, 7) is 3.03. The molecule has 0 bridgehead atoms. The first kappa shape index (κ1) is 21.3. The lowest BCUT2D eigenvalue weighted by atomic mass is 10.0. The molecular weight excluding hydrogens is 434 g/mol. The molecule has 2 heterocycles. The van der Waals surface area contributed by atoms with E-state index in [1.807, 2.05) is 74.4 Å². The second-order valence-corrected chi connectivity index (χ2v) is 9.33. The van der Waals surface area contributed by atoms with Gasteiger partial charge in [-0.25, -0.2) is 9.78 Å². The Balaban J connectivity index is 1.65. The molecule has 0 unspecified atom stereocenters. The highest BCUT2D eigenvalue weighted by molar-refractivity contribution is 7.22. The van der Waals surface area contributed by atoms with E-state index in [1.54, 1.807) is 17.0 Å². The summed E-state index contributed by atoms with van der Waals surface area (Å²) >= 11 is 1.45. The molecule has 5 rings (SSSR count). The number of benzene rings is 3. The number of hydrogen-bond donors (Lipinski definition) is 0. The predicted molar refractivity (Wildman–Crippen MR) is 135 cm³/mol. The number of aryl methyl sites for hydroxylation is 1. The largest absolute Gasteiger partial charge is 0.422 e. The van der Waals surface area contributed by atoms with Crippen LogP contribution in [0.3, 0.4) is 0 Å². The van der Waals surface area contributed by atoms with E-state index in [-0.39, 0.29) is 5.56 Å². The van der Waals surface area contributed by atoms with E-state index in [2.05, 4.69) is 0 Å². The van der Waals surface area contributed by atoms with E-state index in [9.17, 15) is 9.59 Å². The van der Waals surface area contributed by atoms with Crippen molar-refractivity contribution in [3.05, 3.63) is 82.2 Å². The fraction of sp³-hybridized carbons (Fsp3) is 0.192. The lowest BCUT2D eigenvalue weighted by Crippen LogP contribution is -2.38. The highest BCUT2D eigenvalue weighted by Crippen LogP contribution is 2.32. The van der Waals surface area contributed by atoms with Crippen LogP contribution in [0.1, 0.15) is 15.9 Å². The van der Waals surface area contributed by atoms with Gasteiger partial charge >= 0.3 is 5.63 Å². The Hall–Kier alpha value is -3.55. The van der Waals surface area contributed by atoms with E-state index in [1.165, 1.54) is 11.3 Å². The molecule has 0 aliphatic rings. The number of aromatic nitrogens is 1. The number of likely N-dealkylation sites (N-methyl/N-ethyl adjacent to an activating group) is 1. The monoisotopic (exact) mass is 457 g/mol. The van der Waals surface area contributed by atoms with Gasteiger partial charge in [-0.1, -0.05) is 53.8 Å². The van der Waals surface area contributed by atoms with Crippen LogP contribution in [0.25, 0.3) is 32.0 Å². The standard InChI is InChI=1S/C26H23N3O3S/c1-16-7-6-10-22-23(16)27-26(33-22)29(14-13-28(2)3)24(30)20-15-19-18-9-5-4-8-17(18)11-12-21(19)32-25(20)31/h4-12,15H,13-14H2,1-3H3. The van der Waals surface area contributed by atoms with Crippen LogP contribution in [0.4, 0.5) is 5.13 Å². The molecule has 0 saturated heterocycles. The zero-order chi connectivity index (χ0) is 23.1. The molecule has 0 atom stereocenters. The number of carbonyl (C=O) groups excluding carboxylic acids is 1. The van der Waals surface area contributed by atoms with Crippen LogP contribution in [-0.2, 0) is 0 Å². The Morgan fingerprint density at radius 1 is 1.00 bits per heavy atom. The van der Waals surface area contributed by atoms with E-state index in [0.717, 1.165) is 31.9 Å². The molecule has 6 nitrogen and oxygen atoms in total. The molecule has 0 spiro atoms. The second kappa shape index (κ2) is 8.42. The molecule has 0 saturated carbocycles. The minimum atomic E-state index is -0.644. The molecule has 2 aromatic heterocycles. The molecule has 0 aliphatic heterocycles. The van der Waals surface area contributed by atoms with Gasteiger partial charge < -0.3 is 9.32 Å². The van der Waals surface area contributed by atoms with Crippen LogP contribution < -0.4 is 10.5 Å². The molecule has 0 aliphatic carbocycles. The number of amides is 1. The predicted octanol–water partition coefficient (Wildman–Crippen LogP) is 5.07. The lowest BCUT2D eigenvalue weighted by Gasteiger charge is -2.21. The van der Waals surface area contributed by atoms with Crippen LogP contribution in [0.2, 0.25) is 0 Å². The zero-order valence-corrected chi connectivity index (χ0v) is 19.5. The van der Waals surface area contributed by atoms with Gasteiger partial charge in [-0.15, -0.1) is 0 Å². The van der Waals surface area contributed by atoms with Crippen LogP contribution in [0.15, 0.2) is 69.9 Å². The molecule has 33 heavy (non-hydrogen) atoms. The molecule has 166 valence electrons. The first-order valence-electron chi connectivity index (χ1n) is 10.7. The van der Waals surface area contributed by atoms with Crippen LogP contribution in [0, 0.1) is 6.92 Å². The van der Waals surface area contributed by atoms with Gasteiger partial charge in [0.05, 0.1) is 10.2 Å². The van der Waals surface area contributed by atoms with Gasteiger partial charge in [-0.05, 0) is 55.6 Å². The van der Waals surface area contributed by atoms with Gasteiger partial charge in [0.15, 0.2) is 5.13 Å². The molecule has 1 amide bonds. The second-order valence-electron chi connectivity index (χ2n) is 8.32. The molecule has 0 fully saturated rings. The number of thiazole rings is 1. The van der Waals surface area contributed by atoms with Gasteiger partial charge in [-0.3, -0.25) is 9.69 Å². The molecule has 5 aromatic rings. The summed E-state index contributed by atoms with van der Waals surface area (Å²) < 4.78 is 6.59. The fourth-order valence-electron chi connectivity index (χ4n) is 3.94. The average Bonchev–Trinajstić information content (AvgIpc) is 3.23. The summed E-state index contributed by atoms with van der Waals surface area (Å²) in [6.07, 6.45) is 0. The topological polar surface area (TPSA) is 66.7 Å². The van der Waals surface area contributed by atoms with Crippen molar-refractivity contribution in [3.8, 4) is 0 Å². The maximum Gasteiger partial charge on any atom is 0.349 e. The fourth-order valence-corrected chi connectivity index (χ4v) is 5.01. The summed E-state index contributed by atoms with van der Waals surface area (Å²) in [4.78, 5) is 34.9. The Morgan fingerprint density at radius 2 is 1.82 bits per heavy atom. The first-order chi connectivity index (χ1) is 15.9. The van der Waals surface area contributed by atoms with E-state index in [0.29, 0.717) is 23.8 Å². The Labute approximate surface area is 194 Å². The van der Waals surface area contributed by atoms with Crippen LogP contribution in [-0.4, -0.2) is 43.0 Å². The third kappa shape index (κ3) is 3.90. The van der Waals surface area contributed by atoms with Gasteiger partial charge in [0.2, 0.25) is 0 Å². The van der Waals surface area contributed by atoms with Gasteiger partial charge in [0, 0.05) is 18.5 Å². The van der Waals surface area contributed by atoms with Gasteiger partial charge in [0.25, 0.3) is 5.91 Å². The average molecular weight is 458 g/mol. The maximum atomic E-state index is 13.7. The SMILES string of the molecule is Cc1cccc2sc(N(CCN(C)C)C(=O)c3cc4c(ccc5ccccc54)oc3=O)nc12. The Morgan fingerprint density at radius 3 is 2.61 bits per heavy atom. The number of rotatable bonds is 5. The van der Waals surface area contributed by atoms with Crippen molar-refractivity contribution in [2.24, 2.45) is 0 Å². The Bertz CT molecular complexity index is 1570. The maximum absolute atomic E-state index is 13.7. The van der Waals surface area contributed by atoms with Crippen LogP contribution in [0.5, 0.6) is 0 Å². The van der Waals surface area contributed by atoms with Crippen molar-refractivity contribution in [1.82, 2.24) is 9.88 Å². The normalized spacial score (nSPS) is 11.6.